The van der Waals surface area contributed by atoms with Crippen molar-refractivity contribution in [3.05, 3.63) is 143 Å². The number of Topliss-reactive ketones (excluding diaryl/α,β-unsaturated/α-hetero) is 1. The first kappa shape index (κ1) is 22.4. The summed E-state index contributed by atoms with van der Waals surface area (Å²) in [6.45, 7) is 0. The maximum absolute atomic E-state index is 14.3. The third-order valence-electron chi connectivity index (χ3n) is 7.69. The van der Waals surface area contributed by atoms with E-state index >= 15 is 0 Å². The van der Waals surface area contributed by atoms with Crippen LogP contribution in [0.1, 0.15) is 44.6 Å². The second kappa shape index (κ2) is 8.63. The van der Waals surface area contributed by atoms with Gasteiger partial charge in [0.1, 0.15) is 12.1 Å². The molecule has 38 heavy (non-hydrogen) atoms. The maximum Gasteiger partial charge on any atom is 0.344 e. The Labute approximate surface area is 219 Å². The molecule has 184 valence electrons. The van der Waals surface area contributed by atoms with Gasteiger partial charge in [0.25, 0.3) is 0 Å². The van der Waals surface area contributed by atoms with Gasteiger partial charge in [0, 0.05) is 11.1 Å². The average molecular weight is 498 g/mol. The van der Waals surface area contributed by atoms with Crippen molar-refractivity contribution < 1.29 is 14.3 Å². The topological polar surface area (TPSA) is 71.3 Å². The Kier molecular flexibility index (Phi) is 5.08. The third-order valence-corrected chi connectivity index (χ3v) is 7.69. The number of cyclic esters (lactones) is 1. The summed E-state index contributed by atoms with van der Waals surface area (Å²) in [5.74, 6) is -0.973. The summed E-state index contributed by atoms with van der Waals surface area (Å²) < 4.78 is 5.96. The van der Waals surface area contributed by atoms with Gasteiger partial charge in [-0.1, -0.05) is 103 Å². The SMILES string of the molecule is O=C(c1ccccc1)[C@@H]1[C@@H](c2ccccc2)[C@]2(N=C(c3ccccc3)OC2=O)[C@H]2c3ccccc3C=NN12. The number of hydrazone groups is 1. The molecule has 1 spiro atoms. The molecule has 0 radical (unpaired) electrons. The number of carbonyl (C=O) groups excluding carboxylic acids is 2. The number of rotatable bonds is 4. The van der Waals surface area contributed by atoms with E-state index in [0.717, 1.165) is 16.7 Å². The van der Waals surface area contributed by atoms with Gasteiger partial charge in [-0.3, -0.25) is 9.80 Å². The van der Waals surface area contributed by atoms with Crippen LogP contribution in [0.2, 0.25) is 0 Å². The van der Waals surface area contributed by atoms with Crippen molar-refractivity contribution in [2.24, 2.45) is 10.1 Å². The number of aliphatic imine (C=N–C) groups is 1. The first-order chi connectivity index (χ1) is 18.7. The Balaban J connectivity index is 1.52. The minimum absolute atomic E-state index is 0.117. The monoisotopic (exact) mass is 497 g/mol. The number of hydrogen-bond acceptors (Lipinski definition) is 6. The third kappa shape index (κ3) is 3.20. The van der Waals surface area contributed by atoms with Crippen LogP contribution in [0.3, 0.4) is 0 Å². The quantitative estimate of drug-likeness (QED) is 0.288. The fraction of sp³-hybridized carbons (Fsp3) is 0.125. The largest absolute Gasteiger partial charge is 0.405 e. The number of fused-ring (bicyclic) bond motifs is 4. The molecule has 0 N–H and O–H groups in total. The Bertz CT molecular complexity index is 1600. The van der Waals surface area contributed by atoms with Crippen LogP contribution >= 0.6 is 0 Å². The predicted octanol–water partition coefficient (Wildman–Crippen LogP) is 5.17. The van der Waals surface area contributed by atoms with Crippen LogP contribution in [0.15, 0.2) is 125 Å². The molecule has 1 saturated heterocycles. The van der Waals surface area contributed by atoms with Crippen LogP contribution in [0.25, 0.3) is 0 Å². The highest BCUT2D eigenvalue weighted by Gasteiger charge is 2.70. The van der Waals surface area contributed by atoms with Gasteiger partial charge in [0.2, 0.25) is 5.90 Å². The van der Waals surface area contributed by atoms with Gasteiger partial charge in [0.15, 0.2) is 11.3 Å². The molecule has 0 amide bonds. The number of carbonyl (C=O) groups is 2. The van der Waals surface area contributed by atoms with Gasteiger partial charge in [-0.2, -0.15) is 5.10 Å². The average Bonchev–Trinajstić information content (AvgIpc) is 3.49. The predicted molar refractivity (Wildman–Crippen MR) is 144 cm³/mol. The highest BCUT2D eigenvalue weighted by Crippen LogP contribution is 2.58. The lowest BCUT2D eigenvalue weighted by Gasteiger charge is -2.34. The Morgan fingerprint density at radius 3 is 2.16 bits per heavy atom. The fourth-order valence-corrected chi connectivity index (χ4v) is 6.07. The van der Waals surface area contributed by atoms with E-state index in [-0.39, 0.29) is 11.7 Å². The molecular formula is C32H23N3O3. The van der Waals surface area contributed by atoms with Gasteiger partial charge in [-0.05, 0) is 28.8 Å². The van der Waals surface area contributed by atoms with Crippen molar-refractivity contribution in [3.8, 4) is 0 Å². The lowest BCUT2D eigenvalue weighted by molar-refractivity contribution is -0.140. The number of esters is 1. The number of ether oxygens (including phenoxy) is 1. The van der Waals surface area contributed by atoms with Crippen molar-refractivity contribution in [3.63, 3.8) is 0 Å². The van der Waals surface area contributed by atoms with E-state index in [0.29, 0.717) is 11.1 Å². The van der Waals surface area contributed by atoms with Crippen molar-refractivity contribution in [2.75, 3.05) is 0 Å². The zero-order valence-corrected chi connectivity index (χ0v) is 20.3. The van der Waals surface area contributed by atoms with E-state index in [2.05, 4.69) is 0 Å². The van der Waals surface area contributed by atoms with Crippen molar-refractivity contribution in [1.82, 2.24) is 5.01 Å². The highest BCUT2D eigenvalue weighted by atomic mass is 16.6. The van der Waals surface area contributed by atoms with Gasteiger partial charge in [-0.15, -0.1) is 0 Å². The Hall–Kier alpha value is -4.84. The minimum Gasteiger partial charge on any atom is -0.405 e. The normalized spacial score (nSPS) is 25.1. The van der Waals surface area contributed by atoms with Crippen LogP contribution in [0.5, 0.6) is 0 Å². The molecule has 4 aromatic rings. The summed E-state index contributed by atoms with van der Waals surface area (Å²) in [7, 11) is 0. The molecule has 0 saturated carbocycles. The van der Waals surface area contributed by atoms with Crippen LogP contribution < -0.4 is 0 Å². The molecule has 6 nitrogen and oxygen atoms in total. The molecular weight excluding hydrogens is 474 g/mol. The van der Waals surface area contributed by atoms with E-state index in [1.54, 1.807) is 23.4 Å². The van der Waals surface area contributed by atoms with Crippen molar-refractivity contribution in [1.29, 1.82) is 0 Å². The summed E-state index contributed by atoms with van der Waals surface area (Å²) in [6.07, 6.45) is 1.76. The fourth-order valence-electron chi connectivity index (χ4n) is 6.07. The standard InChI is InChI=1S/C32H23N3O3/c36-28(22-14-6-2-7-15-22)27-26(21-12-4-1-5-13-21)32(29-25-19-11-10-18-24(25)20-33-35(27)29)31(37)38-30(34-32)23-16-8-3-9-17-23/h1-20,26-27,29H/t26-,27+,29-,32+/m1/s1. The number of hydrogen-bond donors (Lipinski definition) is 0. The van der Waals surface area contributed by atoms with E-state index in [1.807, 2.05) is 103 Å². The highest BCUT2D eigenvalue weighted by molar-refractivity contribution is 6.11. The summed E-state index contributed by atoms with van der Waals surface area (Å²) >= 11 is 0. The molecule has 6 heteroatoms. The zero-order chi connectivity index (χ0) is 25.7. The van der Waals surface area contributed by atoms with Gasteiger partial charge in [0.05, 0.1) is 12.1 Å². The van der Waals surface area contributed by atoms with Crippen LogP contribution in [-0.4, -0.2) is 40.5 Å². The first-order valence-electron chi connectivity index (χ1n) is 12.6. The number of nitrogens with zero attached hydrogens (tertiary/aromatic N) is 3. The summed E-state index contributed by atoms with van der Waals surface area (Å²) in [4.78, 5) is 33.6. The summed E-state index contributed by atoms with van der Waals surface area (Å²) in [5, 5.41) is 6.58. The van der Waals surface area contributed by atoms with Crippen LogP contribution in [0, 0.1) is 0 Å². The van der Waals surface area contributed by atoms with E-state index in [4.69, 9.17) is 14.8 Å². The smallest absolute Gasteiger partial charge is 0.344 e. The molecule has 3 aliphatic heterocycles. The van der Waals surface area contributed by atoms with E-state index in [9.17, 15) is 9.59 Å². The molecule has 7 rings (SSSR count). The van der Waals surface area contributed by atoms with E-state index < -0.39 is 29.5 Å². The zero-order valence-electron chi connectivity index (χ0n) is 20.3. The lowest BCUT2D eigenvalue weighted by atomic mass is 9.72. The van der Waals surface area contributed by atoms with Crippen molar-refractivity contribution in [2.45, 2.75) is 23.5 Å². The molecule has 0 bridgehead atoms. The van der Waals surface area contributed by atoms with Gasteiger partial charge < -0.3 is 4.74 Å². The summed E-state index contributed by atoms with van der Waals surface area (Å²) in [6, 6.07) is 34.7. The molecule has 3 heterocycles. The first-order valence-corrected chi connectivity index (χ1v) is 12.6. The van der Waals surface area contributed by atoms with Gasteiger partial charge >= 0.3 is 5.97 Å². The molecule has 0 aliphatic carbocycles. The second-order valence-electron chi connectivity index (χ2n) is 9.72. The lowest BCUT2D eigenvalue weighted by Crippen LogP contribution is -2.44. The number of benzene rings is 4. The van der Waals surface area contributed by atoms with Crippen molar-refractivity contribution >= 4 is 23.9 Å². The molecule has 0 aromatic heterocycles. The molecule has 0 unspecified atom stereocenters. The van der Waals surface area contributed by atoms with E-state index in [1.165, 1.54) is 0 Å². The van der Waals surface area contributed by atoms with Crippen LogP contribution in [-0.2, 0) is 9.53 Å². The van der Waals surface area contributed by atoms with Gasteiger partial charge in [-0.25, -0.2) is 9.79 Å². The molecule has 4 aromatic carbocycles. The molecule has 3 aliphatic rings. The molecule has 4 atom stereocenters. The maximum atomic E-state index is 14.3. The molecule has 1 fully saturated rings. The Morgan fingerprint density at radius 1 is 0.789 bits per heavy atom. The second-order valence-corrected chi connectivity index (χ2v) is 9.72. The minimum atomic E-state index is -1.42. The van der Waals surface area contributed by atoms with Crippen LogP contribution in [0.4, 0.5) is 0 Å². The Morgan fingerprint density at radius 2 is 1.42 bits per heavy atom. The summed E-state index contributed by atoms with van der Waals surface area (Å²) in [5.41, 5.74) is 2.46. The number of ketones is 1.